The maximum Gasteiger partial charge on any atom is 0.254 e. The maximum atomic E-state index is 14.6. The molecule has 0 aliphatic carbocycles. The summed E-state index contributed by atoms with van der Waals surface area (Å²) in [7, 11) is 5.18. The second kappa shape index (κ2) is 11.7. The maximum absolute atomic E-state index is 14.6. The van der Waals surface area contributed by atoms with Crippen molar-refractivity contribution in [1.82, 2.24) is 9.80 Å². The predicted octanol–water partition coefficient (Wildman–Crippen LogP) is 5.50. The first-order valence-electron chi connectivity index (χ1n) is 12.0. The minimum absolute atomic E-state index is 0.00358. The number of benzene rings is 2. The van der Waals surface area contributed by atoms with Crippen LogP contribution in [0.5, 0.6) is 11.5 Å². The van der Waals surface area contributed by atoms with E-state index in [1.807, 2.05) is 53.0 Å². The molecule has 0 radical (unpaired) electrons. The molecule has 4 rings (SSSR count). The lowest BCUT2D eigenvalue weighted by molar-refractivity contribution is 0.0583. The van der Waals surface area contributed by atoms with Crippen LogP contribution in [0.25, 0.3) is 0 Å². The van der Waals surface area contributed by atoms with Gasteiger partial charge < -0.3 is 14.4 Å². The van der Waals surface area contributed by atoms with E-state index in [-0.39, 0.29) is 23.7 Å². The fourth-order valence-corrected chi connectivity index (χ4v) is 5.69. The van der Waals surface area contributed by atoms with E-state index in [2.05, 4.69) is 11.0 Å². The number of hydrogen-bond donors (Lipinski definition) is 0. The highest BCUT2D eigenvalue weighted by atomic mass is 32.1. The van der Waals surface area contributed by atoms with Crippen LogP contribution in [0.1, 0.15) is 34.3 Å². The minimum Gasteiger partial charge on any atom is -0.493 e. The van der Waals surface area contributed by atoms with Gasteiger partial charge in [-0.05, 0) is 67.4 Å². The number of carbonyl (C=O) groups excluding carboxylic acids is 1. The molecule has 1 aliphatic rings. The third-order valence-electron chi connectivity index (χ3n) is 7.03. The molecule has 0 N–H and O–H groups in total. The third kappa shape index (κ3) is 5.85. The number of nitrogens with zero attached hydrogens (tertiary/aromatic N) is 2. The van der Waals surface area contributed by atoms with Crippen LogP contribution in [0, 0.1) is 11.7 Å². The second-order valence-corrected chi connectivity index (χ2v) is 9.84. The summed E-state index contributed by atoms with van der Waals surface area (Å²) in [4.78, 5) is 17.4. The van der Waals surface area contributed by atoms with Gasteiger partial charge in [-0.3, -0.25) is 9.69 Å². The highest BCUT2D eigenvalue weighted by molar-refractivity contribution is 7.08. The highest BCUT2D eigenvalue weighted by Gasteiger charge is 2.33. The highest BCUT2D eigenvalue weighted by Crippen LogP contribution is 2.33. The molecule has 3 aromatic rings. The average molecular weight is 497 g/mol. The van der Waals surface area contributed by atoms with Crippen molar-refractivity contribution in [2.75, 3.05) is 34.4 Å². The van der Waals surface area contributed by atoms with Gasteiger partial charge in [-0.25, -0.2) is 4.39 Å². The van der Waals surface area contributed by atoms with Gasteiger partial charge in [0.15, 0.2) is 11.5 Å². The molecule has 1 fully saturated rings. The molecule has 186 valence electrons. The van der Waals surface area contributed by atoms with E-state index in [0.717, 1.165) is 49.5 Å². The van der Waals surface area contributed by atoms with Crippen LogP contribution in [0.15, 0.2) is 59.3 Å². The number of methoxy groups -OCH3 is 2. The number of likely N-dealkylation sites (tertiary alicyclic amines) is 1. The predicted molar refractivity (Wildman–Crippen MR) is 138 cm³/mol. The van der Waals surface area contributed by atoms with Crippen molar-refractivity contribution < 1.29 is 18.7 Å². The first-order chi connectivity index (χ1) is 17.0. The smallest absolute Gasteiger partial charge is 0.254 e. The van der Waals surface area contributed by atoms with Crippen LogP contribution in [0.2, 0.25) is 0 Å². The molecule has 1 amide bonds. The number of ether oxygens (including phenoxy) is 2. The van der Waals surface area contributed by atoms with Crippen LogP contribution in [-0.2, 0) is 13.0 Å². The van der Waals surface area contributed by atoms with Crippen molar-refractivity contribution in [3.63, 3.8) is 0 Å². The van der Waals surface area contributed by atoms with Crippen LogP contribution in [0.3, 0.4) is 0 Å². The number of halogens is 1. The summed E-state index contributed by atoms with van der Waals surface area (Å²) in [5.41, 5.74) is 2.45. The van der Waals surface area contributed by atoms with Gasteiger partial charge in [0.2, 0.25) is 0 Å². The molecule has 1 aromatic heterocycles. The fourth-order valence-electron chi connectivity index (χ4n) is 5.06. The molecule has 2 aromatic carbocycles. The summed E-state index contributed by atoms with van der Waals surface area (Å²) in [5.74, 6) is 1.58. The molecule has 2 heterocycles. The van der Waals surface area contributed by atoms with Gasteiger partial charge in [0.25, 0.3) is 5.91 Å². The molecule has 1 saturated heterocycles. The topological polar surface area (TPSA) is 42.0 Å². The zero-order valence-corrected chi connectivity index (χ0v) is 21.4. The normalized spacial score (nSPS) is 15.5. The molecular formula is C28H33FN2O3S. The zero-order chi connectivity index (χ0) is 24.8. The first-order valence-corrected chi connectivity index (χ1v) is 12.9. The van der Waals surface area contributed by atoms with E-state index in [9.17, 15) is 9.18 Å². The number of amides is 1. The largest absolute Gasteiger partial charge is 0.493 e. The Morgan fingerprint density at radius 2 is 1.83 bits per heavy atom. The van der Waals surface area contributed by atoms with Crippen molar-refractivity contribution in [3.8, 4) is 11.5 Å². The van der Waals surface area contributed by atoms with E-state index in [1.165, 1.54) is 17.4 Å². The molecule has 1 aliphatic heterocycles. The summed E-state index contributed by atoms with van der Waals surface area (Å²) in [5, 5.41) is 3.79. The minimum atomic E-state index is -0.212. The number of piperidine rings is 1. The number of para-hydroxylation sites is 1. The molecule has 7 heteroatoms. The standard InChI is InChI=1S/C28H33FN2O3S/c1-30(28(32)23-13-16-35-19-23)25(17-21-7-4-5-9-24(21)29)20-11-14-31(15-12-20)18-22-8-6-10-26(33-2)27(22)34-3/h4-10,13,16,19-20,25H,11-12,14-15,17-18H2,1-3H3/t25-/m1/s1. The van der Waals surface area contributed by atoms with E-state index < -0.39 is 0 Å². The van der Waals surface area contributed by atoms with Crippen molar-refractivity contribution in [1.29, 1.82) is 0 Å². The number of thiophene rings is 1. The van der Waals surface area contributed by atoms with E-state index >= 15 is 0 Å². The molecule has 0 saturated carbocycles. The van der Waals surface area contributed by atoms with Gasteiger partial charge in [0.05, 0.1) is 19.8 Å². The lowest BCUT2D eigenvalue weighted by Crippen LogP contribution is -2.47. The van der Waals surface area contributed by atoms with Gasteiger partial charge in [-0.2, -0.15) is 11.3 Å². The molecule has 0 spiro atoms. The monoisotopic (exact) mass is 496 g/mol. The van der Waals surface area contributed by atoms with Crippen molar-refractivity contribution >= 4 is 17.2 Å². The molecule has 5 nitrogen and oxygen atoms in total. The van der Waals surface area contributed by atoms with Crippen molar-refractivity contribution in [2.24, 2.45) is 5.92 Å². The van der Waals surface area contributed by atoms with Crippen LogP contribution >= 0.6 is 11.3 Å². The number of rotatable bonds is 9. The Morgan fingerprint density at radius 1 is 1.09 bits per heavy atom. The summed E-state index contributed by atoms with van der Waals surface area (Å²) in [6.45, 7) is 2.58. The van der Waals surface area contributed by atoms with Gasteiger partial charge in [0, 0.05) is 30.6 Å². The lowest BCUT2D eigenvalue weighted by Gasteiger charge is -2.40. The molecule has 0 unspecified atom stereocenters. The third-order valence-corrected chi connectivity index (χ3v) is 7.71. The lowest BCUT2D eigenvalue weighted by atomic mass is 9.84. The van der Waals surface area contributed by atoms with E-state index in [4.69, 9.17) is 9.47 Å². The summed E-state index contributed by atoms with van der Waals surface area (Å²) in [6, 6.07) is 14.6. The van der Waals surface area contributed by atoms with Gasteiger partial charge in [0.1, 0.15) is 5.82 Å². The Hall–Kier alpha value is -2.90. The van der Waals surface area contributed by atoms with Gasteiger partial charge in [-0.15, -0.1) is 0 Å². The summed E-state index contributed by atoms with van der Waals surface area (Å²) in [6.07, 6.45) is 2.38. The SMILES string of the molecule is COc1cccc(CN2CCC([C@@H](Cc3ccccc3F)N(C)C(=O)c3ccsc3)CC2)c1OC. The van der Waals surface area contributed by atoms with Gasteiger partial charge in [-0.1, -0.05) is 30.3 Å². The molecule has 1 atom stereocenters. The van der Waals surface area contributed by atoms with Crippen LogP contribution < -0.4 is 9.47 Å². The Kier molecular flexibility index (Phi) is 8.42. The van der Waals surface area contributed by atoms with Crippen LogP contribution in [0.4, 0.5) is 4.39 Å². The molecule has 35 heavy (non-hydrogen) atoms. The van der Waals surface area contributed by atoms with E-state index in [0.29, 0.717) is 17.5 Å². The van der Waals surface area contributed by atoms with Crippen molar-refractivity contribution in [3.05, 3.63) is 81.8 Å². The number of likely N-dealkylation sites (N-methyl/N-ethyl adjacent to an activating group) is 1. The zero-order valence-electron chi connectivity index (χ0n) is 20.6. The summed E-state index contributed by atoms with van der Waals surface area (Å²) >= 11 is 1.51. The van der Waals surface area contributed by atoms with Gasteiger partial charge >= 0.3 is 0 Å². The fraction of sp³-hybridized carbons (Fsp3) is 0.393. The van der Waals surface area contributed by atoms with Crippen molar-refractivity contribution in [2.45, 2.75) is 31.8 Å². The Morgan fingerprint density at radius 3 is 2.49 bits per heavy atom. The molecule has 0 bridgehead atoms. The number of carbonyl (C=O) groups is 1. The first kappa shape index (κ1) is 25.2. The Balaban J connectivity index is 1.48. The average Bonchev–Trinajstić information content (AvgIpc) is 3.43. The number of hydrogen-bond acceptors (Lipinski definition) is 5. The Labute approximate surface area is 211 Å². The van der Waals surface area contributed by atoms with E-state index in [1.54, 1.807) is 20.3 Å². The molecular weight excluding hydrogens is 463 g/mol. The van der Waals surface area contributed by atoms with Crippen LogP contribution in [-0.4, -0.2) is 56.1 Å². The second-order valence-electron chi connectivity index (χ2n) is 9.06. The Bertz CT molecular complexity index is 1110. The quantitative estimate of drug-likeness (QED) is 0.392. The summed E-state index contributed by atoms with van der Waals surface area (Å²) < 4.78 is 25.6.